The van der Waals surface area contributed by atoms with Crippen molar-refractivity contribution in [2.75, 3.05) is 0 Å². The van der Waals surface area contributed by atoms with Gasteiger partial charge in [0.2, 0.25) is 0 Å². The zero-order valence-electron chi connectivity index (χ0n) is 18.7. The normalized spacial score (nSPS) is 16.0. The molecule has 0 unspecified atom stereocenters. The van der Waals surface area contributed by atoms with Gasteiger partial charge in [0, 0.05) is 18.0 Å². The van der Waals surface area contributed by atoms with E-state index < -0.39 is 52.8 Å². The molecule has 0 aliphatic heterocycles. The molecule has 0 bridgehead atoms. The number of halogens is 10. The van der Waals surface area contributed by atoms with Gasteiger partial charge in [0.25, 0.3) is 5.91 Å². The van der Waals surface area contributed by atoms with Crippen LogP contribution in [0.25, 0.3) is 5.57 Å². The summed E-state index contributed by atoms with van der Waals surface area (Å²) in [6.07, 6.45) is -10.4. The molecule has 1 aliphatic rings. The van der Waals surface area contributed by atoms with Crippen LogP contribution in [0.5, 0.6) is 0 Å². The summed E-state index contributed by atoms with van der Waals surface area (Å²) >= 11 is 11.8. The van der Waals surface area contributed by atoms with Gasteiger partial charge in [-0.3, -0.25) is 9.36 Å². The highest BCUT2D eigenvalue weighted by molar-refractivity contribution is 6.34. The Labute approximate surface area is 219 Å². The second-order valence-corrected chi connectivity index (χ2v) is 8.94. The first-order valence-electron chi connectivity index (χ1n) is 10.3. The molecule has 1 aromatic carbocycles. The lowest BCUT2D eigenvalue weighted by molar-refractivity contribution is -0.350. The Morgan fingerprint density at radius 3 is 2.21 bits per heavy atom. The quantitative estimate of drug-likeness (QED) is 0.286. The smallest absolute Gasteiger partial charge is 0.404 e. The number of benzene rings is 1. The van der Waals surface area contributed by atoms with Crippen LogP contribution in [0.4, 0.5) is 40.9 Å². The van der Waals surface area contributed by atoms with E-state index in [-0.39, 0.29) is 32.4 Å². The molecule has 0 radical (unpaired) electrons. The molecule has 3 rings (SSSR count). The summed E-state index contributed by atoms with van der Waals surface area (Å²) in [6, 6.07) is 5.82. The molecule has 1 fully saturated rings. The number of amides is 1. The largest absolute Gasteiger partial charge is 0.437 e. The summed E-state index contributed by atoms with van der Waals surface area (Å²) in [4.78, 5) is 16.2. The van der Waals surface area contributed by atoms with E-state index in [9.17, 15) is 39.9 Å². The predicted octanol–water partition coefficient (Wildman–Crippen LogP) is 6.50. The lowest BCUT2D eigenvalue weighted by atomic mass is 10.0. The van der Waals surface area contributed by atoms with Crippen LogP contribution < -0.4 is 11.1 Å². The molecular formula is C22H15Cl2F8N5O. The van der Waals surface area contributed by atoms with E-state index in [1.807, 2.05) is 6.07 Å². The number of aliphatic imine (C=N–C) groups is 1. The molecule has 1 aliphatic carbocycles. The van der Waals surface area contributed by atoms with Crippen LogP contribution in [0.3, 0.4) is 0 Å². The highest BCUT2D eigenvalue weighted by Crippen LogP contribution is 2.55. The number of allylic oxidation sites excluding steroid dienone is 1. The van der Waals surface area contributed by atoms with Gasteiger partial charge in [0.1, 0.15) is 5.54 Å². The van der Waals surface area contributed by atoms with Crippen molar-refractivity contribution >= 4 is 46.7 Å². The van der Waals surface area contributed by atoms with E-state index in [1.54, 1.807) is 0 Å². The van der Waals surface area contributed by atoms with Gasteiger partial charge in [0.15, 0.2) is 12.6 Å². The average molecular weight is 588 g/mol. The van der Waals surface area contributed by atoms with Gasteiger partial charge in [-0.05, 0) is 36.6 Å². The Bertz CT molecular complexity index is 1340. The van der Waals surface area contributed by atoms with Crippen molar-refractivity contribution in [2.45, 2.75) is 43.2 Å². The number of carbonyl (C=O) groups is 1. The Hall–Kier alpha value is -3.31. The van der Waals surface area contributed by atoms with Crippen molar-refractivity contribution in [3.8, 4) is 6.07 Å². The monoisotopic (exact) mass is 587 g/mol. The highest BCUT2D eigenvalue weighted by Gasteiger charge is 2.75. The molecule has 1 saturated carbocycles. The van der Waals surface area contributed by atoms with Crippen LogP contribution in [-0.2, 0) is 12.5 Å². The van der Waals surface area contributed by atoms with Gasteiger partial charge in [-0.1, -0.05) is 29.3 Å². The first-order chi connectivity index (χ1) is 17.5. The first kappa shape index (κ1) is 29.2. The van der Waals surface area contributed by atoms with Crippen LogP contribution in [0, 0.1) is 11.3 Å². The number of nitrogens with one attached hydrogen (secondary N) is 1. The molecule has 1 amide bonds. The fraction of sp³-hybridized carbons (Fsp3) is 0.318. The van der Waals surface area contributed by atoms with Crippen molar-refractivity contribution in [1.82, 2.24) is 9.88 Å². The zero-order chi connectivity index (χ0) is 28.7. The number of nitrogens with zero attached hydrogens (tertiary/aromatic N) is 3. The first-order valence-corrected chi connectivity index (χ1v) is 11.1. The number of alkyl halides is 8. The Morgan fingerprint density at radius 1 is 1.13 bits per heavy atom. The van der Waals surface area contributed by atoms with Crippen LogP contribution in [0.15, 0.2) is 35.5 Å². The second kappa shape index (κ2) is 10.1. The predicted molar refractivity (Wildman–Crippen MR) is 122 cm³/mol. The molecule has 16 heteroatoms. The van der Waals surface area contributed by atoms with E-state index >= 15 is 0 Å². The van der Waals surface area contributed by atoms with Gasteiger partial charge in [-0.15, -0.1) is 0 Å². The van der Waals surface area contributed by atoms with Gasteiger partial charge in [0.05, 0.1) is 27.4 Å². The zero-order valence-corrected chi connectivity index (χ0v) is 20.2. The summed E-state index contributed by atoms with van der Waals surface area (Å²) in [5.41, 5.74) is -3.55. The van der Waals surface area contributed by atoms with Crippen molar-refractivity contribution in [3.63, 3.8) is 0 Å². The van der Waals surface area contributed by atoms with Gasteiger partial charge < -0.3 is 11.1 Å². The fourth-order valence-corrected chi connectivity index (χ4v) is 3.85. The molecule has 6 nitrogen and oxygen atoms in total. The number of nitrogens with two attached hydrogens (primary N) is 1. The lowest BCUT2D eigenvalue weighted by Crippen LogP contribution is -2.51. The van der Waals surface area contributed by atoms with E-state index in [2.05, 4.69) is 10.3 Å². The van der Waals surface area contributed by atoms with E-state index in [0.717, 1.165) is 12.4 Å². The third-order valence-electron chi connectivity index (χ3n) is 5.64. The molecule has 1 heterocycles. The molecule has 38 heavy (non-hydrogen) atoms. The molecule has 2 aromatic rings. The van der Waals surface area contributed by atoms with Crippen molar-refractivity contribution in [2.24, 2.45) is 10.7 Å². The summed E-state index contributed by atoms with van der Waals surface area (Å²) in [7, 11) is 0. The number of nitriles is 1. The third-order valence-corrected chi connectivity index (χ3v) is 6.25. The van der Waals surface area contributed by atoms with Crippen molar-refractivity contribution in [1.29, 1.82) is 5.26 Å². The molecular weight excluding hydrogens is 573 g/mol. The summed E-state index contributed by atoms with van der Waals surface area (Å²) in [6.45, 7) is -2.04. The SMILES string of the molecule is N#CC1(NC(=O)c2cc(C(C=Nc3c(Cl)cc(C(F)(C(F)(F)F)C(F)(F)F)n3CF)=CN)ccc2Cl)CC1. The number of carbonyl (C=O) groups excluding carboxylic acids is 1. The molecule has 0 atom stereocenters. The van der Waals surface area contributed by atoms with E-state index in [0.29, 0.717) is 12.8 Å². The van der Waals surface area contributed by atoms with E-state index in [4.69, 9.17) is 34.2 Å². The Balaban J connectivity index is 2.02. The van der Waals surface area contributed by atoms with Crippen molar-refractivity contribution in [3.05, 3.63) is 57.3 Å². The molecule has 1 aromatic heterocycles. The number of rotatable bonds is 7. The van der Waals surface area contributed by atoms with Gasteiger partial charge in [-0.2, -0.15) is 31.6 Å². The summed E-state index contributed by atoms with van der Waals surface area (Å²) in [5.74, 6) is -1.66. The molecule has 0 spiro atoms. The Kier molecular flexibility index (Phi) is 7.78. The van der Waals surface area contributed by atoms with Gasteiger partial charge in [-0.25, -0.2) is 13.8 Å². The topological polar surface area (TPSA) is 96.2 Å². The molecule has 0 saturated heterocycles. The average Bonchev–Trinajstić information content (AvgIpc) is 3.53. The minimum Gasteiger partial charge on any atom is -0.404 e. The van der Waals surface area contributed by atoms with Crippen molar-refractivity contribution < 1.29 is 39.9 Å². The molecule has 3 N–H and O–H groups in total. The fourth-order valence-electron chi connectivity index (χ4n) is 3.39. The van der Waals surface area contributed by atoms with Crippen LogP contribution in [0.1, 0.15) is 34.5 Å². The summed E-state index contributed by atoms with van der Waals surface area (Å²) in [5, 5.41) is 10.8. The molecule has 204 valence electrons. The minimum absolute atomic E-state index is 0.00845. The maximum Gasteiger partial charge on any atom is 0.437 e. The Morgan fingerprint density at radius 2 is 1.74 bits per heavy atom. The second-order valence-electron chi connectivity index (χ2n) is 8.13. The van der Waals surface area contributed by atoms with Crippen LogP contribution in [-0.4, -0.2) is 34.6 Å². The number of hydrogen-bond acceptors (Lipinski definition) is 4. The lowest BCUT2D eigenvalue weighted by Gasteiger charge is -2.30. The number of aromatic nitrogens is 1. The minimum atomic E-state index is -6.51. The third kappa shape index (κ3) is 5.17. The maximum atomic E-state index is 14.6. The summed E-state index contributed by atoms with van der Waals surface area (Å²) < 4.78 is 107. The van der Waals surface area contributed by atoms with Gasteiger partial charge >= 0.3 is 18.0 Å². The number of hydrogen-bond donors (Lipinski definition) is 2. The standard InChI is InChI=1S/C22H15Cl2F8N5O/c23-14-2-1-11(5-13(14)18(38)36-19(9-34)3-4-19)12(7-33)8-35-17-15(24)6-16(37(17)10-25)20(26,21(27,28)29)22(30,31)32/h1-2,5-8H,3-4,10,33H2,(H,36,38). The van der Waals surface area contributed by atoms with Crippen LogP contribution in [0.2, 0.25) is 10.0 Å². The van der Waals surface area contributed by atoms with E-state index in [1.165, 1.54) is 18.2 Å². The maximum absolute atomic E-state index is 14.6. The highest BCUT2D eigenvalue weighted by atomic mass is 35.5. The van der Waals surface area contributed by atoms with Crippen LogP contribution >= 0.6 is 23.2 Å².